The maximum atomic E-state index is 12.2. The highest BCUT2D eigenvalue weighted by molar-refractivity contribution is 5.83. The molecule has 0 unspecified atom stereocenters. The van der Waals surface area contributed by atoms with Crippen LogP contribution in [0.5, 0.6) is 0 Å². The molecule has 2 aliphatic carbocycles. The first-order valence-corrected chi connectivity index (χ1v) is 8.75. The summed E-state index contributed by atoms with van der Waals surface area (Å²) in [6.07, 6.45) is 5.41. The largest absolute Gasteiger partial charge is 0.376 e. The number of fused-ring (bicyclic) bond motifs is 1. The van der Waals surface area contributed by atoms with Gasteiger partial charge in [-0.25, -0.2) is 0 Å². The Morgan fingerprint density at radius 1 is 1.27 bits per heavy atom. The lowest BCUT2D eigenvalue weighted by molar-refractivity contribution is -0.130. The minimum absolute atomic E-state index is 0.227. The topological polar surface area (TPSA) is 26.3 Å². The molecule has 0 amide bonds. The molecule has 3 rings (SSSR count). The van der Waals surface area contributed by atoms with E-state index in [2.05, 4.69) is 38.1 Å². The fourth-order valence-corrected chi connectivity index (χ4v) is 4.96. The standard InChI is InChI=1S/C20H28O2/c1-15(13-22-14-16-7-4-3-5-8-16)17-10-11-18-19(21)9-6-12-20(17,18)2/h3-5,7-8,15,17-18H,6,9-14H2,1-2H3/t15-,17-,18+,20-/m1/s1. The zero-order valence-corrected chi connectivity index (χ0v) is 13.9. The molecule has 0 heterocycles. The molecule has 22 heavy (non-hydrogen) atoms. The molecule has 2 aliphatic rings. The maximum Gasteiger partial charge on any atom is 0.136 e. The van der Waals surface area contributed by atoms with Gasteiger partial charge in [-0.05, 0) is 48.5 Å². The molecule has 0 N–H and O–H groups in total. The van der Waals surface area contributed by atoms with Gasteiger partial charge >= 0.3 is 0 Å². The van der Waals surface area contributed by atoms with Crippen molar-refractivity contribution < 1.29 is 9.53 Å². The third kappa shape index (κ3) is 2.99. The monoisotopic (exact) mass is 300 g/mol. The number of benzene rings is 1. The van der Waals surface area contributed by atoms with Gasteiger partial charge in [0.2, 0.25) is 0 Å². The molecule has 0 bridgehead atoms. The molecule has 2 saturated carbocycles. The molecule has 1 aromatic rings. The lowest BCUT2D eigenvalue weighted by atomic mass is 9.62. The molecule has 1 aromatic carbocycles. The van der Waals surface area contributed by atoms with Crippen LogP contribution in [-0.4, -0.2) is 12.4 Å². The second-order valence-electron chi connectivity index (χ2n) is 7.54. The van der Waals surface area contributed by atoms with Crippen molar-refractivity contribution in [2.45, 2.75) is 52.6 Å². The Hall–Kier alpha value is -1.15. The summed E-state index contributed by atoms with van der Waals surface area (Å²) in [6.45, 7) is 6.16. The third-order valence-electron chi connectivity index (χ3n) is 6.12. The lowest BCUT2D eigenvalue weighted by Crippen LogP contribution is -2.40. The third-order valence-corrected chi connectivity index (χ3v) is 6.12. The molecule has 0 aliphatic heterocycles. The molecule has 2 heteroatoms. The maximum absolute atomic E-state index is 12.2. The van der Waals surface area contributed by atoms with E-state index in [1.165, 1.54) is 18.4 Å². The van der Waals surface area contributed by atoms with Gasteiger partial charge in [0.25, 0.3) is 0 Å². The van der Waals surface area contributed by atoms with Crippen molar-refractivity contribution in [3.63, 3.8) is 0 Å². The van der Waals surface area contributed by atoms with Crippen LogP contribution in [0, 0.1) is 23.2 Å². The Balaban J connectivity index is 1.56. The van der Waals surface area contributed by atoms with Crippen molar-refractivity contribution in [3.8, 4) is 0 Å². The van der Waals surface area contributed by atoms with Crippen molar-refractivity contribution >= 4 is 5.78 Å². The molecule has 2 fully saturated rings. The van der Waals surface area contributed by atoms with Crippen molar-refractivity contribution in [1.82, 2.24) is 0 Å². The first-order chi connectivity index (χ1) is 10.6. The molecule has 0 aromatic heterocycles. The summed E-state index contributed by atoms with van der Waals surface area (Å²) in [6, 6.07) is 10.4. The van der Waals surface area contributed by atoms with Crippen molar-refractivity contribution in [1.29, 1.82) is 0 Å². The van der Waals surface area contributed by atoms with E-state index in [0.717, 1.165) is 25.9 Å². The zero-order chi connectivity index (χ0) is 15.6. The van der Waals surface area contributed by atoms with E-state index < -0.39 is 0 Å². The van der Waals surface area contributed by atoms with Gasteiger partial charge in [-0.1, -0.05) is 44.2 Å². The average molecular weight is 300 g/mol. The number of rotatable bonds is 5. The fraction of sp³-hybridized carbons (Fsp3) is 0.650. The van der Waals surface area contributed by atoms with E-state index in [1.54, 1.807) is 0 Å². The highest BCUT2D eigenvalue weighted by Crippen LogP contribution is 2.56. The van der Waals surface area contributed by atoms with Crippen LogP contribution in [0.25, 0.3) is 0 Å². The van der Waals surface area contributed by atoms with Crippen molar-refractivity contribution in [2.24, 2.45) is 23.2 Å². The van der Waals surface area contributed by atoms with E-state index in [9.17, 15) is 4.79 Å². The zero-order valence-electron chi connectivity index (χ0n) is 13.9. The van der Waals surface area contributed by atoms with Gasteiger partial charge in [0, 0.05) is 18.9 Å². The van der Waals surface area contributed by atoms with E-state index in [1.807, 2.05) is 6.07 Å². The van der Waals surface area contributed by atoms with E-state index >= 15 is 0 Å². The van der Waals surface area contributed by atoms with Crippen LogP contribution in [-0.2, 0) is 16.1 Å². The van der Waals surface area contributed by atoms with E-state index in [4.69, 9.17) is 4.74 Å². The van der Waals surface area contributed by atoms with Gasteiger partial charge in [0.1, 0.15) is 5.78 Å². The summed E-state index contributed by atoms with van der Waals surface area (Å²) < 4.78 is 5.96. The van der Waals surface area contributed by atoms with Crippen LogP contribution >= 0.6 is 0 Å². The van der Waals surface area contributed by atoms with Crippen LogP contribution in [0.1, 0.15) is 51.5 Å². The van der Waals surface area contributed by atoms with Gasteiger partial charge in [-0.2, -0.15) is 0 Å². The second kappa shape index (κ2) is 6.54. The van der Waals surface area contributed by atoms with Crippen molar-refractivity contribution in [3.05, 3.63) is 35.9 Å². The summed E-state index contributed by atoms with van der Waals surface area (Å²) in [4.78, 5) is 12.2. The SMILES string of the molecule is C[C@H](COCc1ccccc1)[C@H]1CC[C@H]2C(=O)CCC[C@]12C. The van der Waals surface area contributed by atoms with Gasteiger partial charge < -0.3 is 4.74 Å². The number of carbonyl (C=O) groups excluding carboxylic acids is 1. The van der Waals surface area contributed by atoms with Crippen LogP contribution in [0.15, 0.2) is 30.3 Å². The summed E-state index contributed by atoms with van der Waals surface area (Å²) in [5.74, 6) is 2.01. The Labute approximate surface area is 134 Å². The predicted molar refractivity (Wildman–Crippen MR) is 88.4 cm³/mol. The first kappa shape index (κ1) is 15.7. The molecule has 0 radical (unpaired) electrons. The van der Waals surface area contributed by atoms with E-state index in [0.29, 0.717) is 30.1 Å². The summed E-state index contributed by atoms with van der Waals surface area (Å²) in [5, 5.41) is 0. The minimum atomic E-state index is 0.227. The molecule has 4 atom stereocenters. The summed E-state index contributed by atoms with van der Waals surface area (Å²) in [5.41, 5.74) is 1.46. The molecule has 0 spiro atoms. The Bertz CT molecular complexity index is 510. The Morgan fingerprint density at radius 3 is 2.82 bits per heavy atom. The number of ether oxygens (including phenoxy) is 1. The highest BCUT2D eigenvalue weighted by atomic mass is 16.5. The predicted octanol–water partition coefficient (Wildman–Crippen LogP) is 4.62. The molecule has 120 valence electrons. The van der Waals surface area contributed by atoms with Gasteiger partial charge in [0.15, 0.2) is 0 Å². The summed E-state index contributed by atoms with van der Waals surface area (Å²) in [7, 11) is 0. The number of carbonyl (C=O) groups is 1. The normalized spacial score (nSPS) is 32.7. The van der Waals surface area contributed by atoms with E-state index in [-0.39, 0.29) is 5.41 Å². The number of hydrogen-bond acceptors (Lipinski definition) is 2. The fourth-order valence-electron chi connectivity index (χ4n) is 4.96. The van der Waals surface area contributed by atoms with Crippen LogP contribution < -0.4 is 0 Å². The molecule has 0 saturated heterocycles. The highest BCUT2D eigenvalue weighted by Gasteiger charge is 2.52. The van der Waals surface area contributed by atoms with Crippen LogP contribution in [0.4, 0.5) is 0 Å². The Morgan fingerprint density at radius 2 is 2.05 bits per heavy atom. The quantitative estimate of drug-likeness (QED) is 0.793. The van der Waals surface area contributed by atoms with Gasteiger partial charge in [-0.15, -0.1) is 0 Å². The summed E-state index contributed by atoms with van der Waals surface area (Å²) >= 11 is 0. The van der Waals surface area contributed by atoms with Crippen LogP contribution in [0.3, 0.4) is 0 Å². The van der Waals surface area contributed by atoms with Gasteiger partial charge in [-0.3, -0.25) is 4.79 Å². The Kier molecular flexibility index (Phi) is 4.67. The lowest BCUT2D eigenvalue weighted by Gasteiger charge is -2.42. The second-order valence-corrected chi connectivity index (χ2v) is 7.54. The van der Waals surface area contributed by atoms with Crippen LogP contribution in [0.2, 0.25) is 0 Å². The molecular formula is C20H28O2. The number of Topliss-reactive ketones (excluding diaryl/α,β-unsaturated/α-hetero) is 1. The molecular weight excluding hydrogens is 272 g/mol. The number of hydrogen-bond donors (Lipinski definition) is 0. The molecule has 2 nitrogen and oxygen atoms in total. The smallest absolute Gasteiger partial charge is 0.136 e. The van der Waals surface area contributed by atoms with Gasteiger partial charge in [0.05, 0.1) is 6.61 Å². The number of ketones is 1. The first-order valence-electron chi connectivity index (χ1n) is 8.75. The van der Waals surface area contributed by atoms with Crippen molar-refractivity contribution in [2.75, 3.05) is 6.61 Å². The minimum Gasteiger partial charge on any atom is -0.376 e. The average Bonchev–Trinajstić information content (AvgIpc) is 2.87.